The maximum absolute atomic E-state index is 12.9. The molecule has 1 aromatic heterocycles. The SMILES string of the molecule is C=C1CC[C@H](N2Cc3c(csc3COc3cccc(CN4CCOCC4)c3)C2=O)C(=O)N1.[HH]. The van der Waals surface area contributed by atoms with E-state index in [1.807, 2.05) is 17.5 Å². The second-order valence-electron chi connectivity index (χ2n) is 8.46. The number of nitrogens with zero attached hydrogens (tertiary/aromatic N) is 2. The minimum Gasteiger partial charge on any atom is -0.488 e. The van der Waals surface area contributed by atoms with Crippen LogP contribution in [0, 0.1) is 0 Å². The summed E-state index contributed by atoms with van der Waals surface area (Å²) in [5, 5.41) is 4.68. The van der Waals surface area contributed by atoms with Crippen molar-refractivity contribution in [3.8, 4) is 5.75 Å². The van der Waals surface area contributed by atoms with E-state index in [0.29, 0.717) is 31.6 Å². The number of rotatable bonds is 6. The number of fused-ring (bicyclic) bond motifs is 1. The van der Waals surface area contributed by atoms with Crippen LogP contribution < -0.4 is 10.1 Å². The van der Waals surface area contributed by atoms with Gasteiger partial charge in [0.15, 0.2) is 0 Å². The van der Waals surface area contributed by atoms with E-state index < -0.39 is 6.04 Å². The van der Waals surface area contributed by atoms with Gasteiger partial charge in [-0.05, 0) is 30.5 Å². The standard InChI is InChI=1S/C24H27N3O4S.H2/c1-16-5-6-21(23(28)25-16)27-13-19-20(24(27)29)15-32-22(19)14-31-18-4-2-3-17(11-18)12-26-7-9-30-10-8-26;/h2-4,11,15,21H,1,5-10,12-14H2,(H,25,28);1H/t21-;/m0./s1. The Morgan fingerprint density at radius 3 is 2.94 bits per heavy atom. The number of hydrogen-bond donors (Lipinski definition) is 1. The van der Waals surface area contributed by atoms with Crippen LogP contribution in [0.5, 0.6) is 5.75 Å². The van der Waals surface area contributed by atoms with Crippen LogP contribution in [0.1, 0.15) is 40.6 Å². The molecule has 32 heavy (non-hydrogen) atoms. The van der Waals surface area contributed by atoms with E-state index in [0.717, 1.165) is 54.7 Å². The molecule has 0 spiro atoms. The molecule has 3 aliphatic heterocycles. The topological polar surface area (TPSA) is 71.1 Å². The van der Waals surface area contributed by atoms with Gasteiger partial charge in [0, 0.05) is 49.1 Å². The summed E-state index contributed by atoms with van der Waals surface area (Å²) in [5.41, 5.74) is 3.62. The summed E-state index contributed by atoms with van der Waals surface area (Å²) in [6, 6.07) is 7.75. The van der Waals surface area contributed by atoms with Gasteiger partial charge in [-0.1, -0.05) is 18.7 Å². The van der Waals surface area contributed by atoms with E-state index >= 15 is 0 Å². The highest BCUT2D eigenvalue weighted by Crippen LogP contribution is 2.34. The van der Waals surface area contributed by atoms with E-state index in [4.69, 9.17) is 9.47 Å². The number of carbonyl (C=O) groups excluding carboxylic acids is 2. The van der Waals surface area contributed by atoms with Crippen LogP contribution in [-0.2, 0) is 29.2 Å². The molecule has 1 N–H and O–H groups in total. The summed E-state index contributed by atoms with van der Waals surface area (Å²) < 4.78 is 11.5. The number of piperidine rings is 1. The van der Waals surface area contributed by atoms with Gasteiger partial charge in [0.2, 0.25) is 5.91 Å². The Morgan fingerprint density at radius 2 is 2.12 bits per heavy atom. The van der Waals surface area contributed by atoms with Crippen molar-refractivity contribution in [1.29, 1.82) is 0 Å². The van der Waals surface area contributed by atoms with Crippen molar-refractivity contribution in [3.63, 3.8) is 0 Å². The number of amides is 2. The molecule has 7 nitrogen and oxygen atoms in total. The zero-order chi connectivity index (χ0) is 22.1. The third-order valence-corrected chi connectivity index (χ3v) is 7.28. The van der Waals surface area contributed by atoms with Gasteiger partial charge in [0.25, 0.3) is 5.91 Å². The van der Waals surface area contributed by atoms with Crippen LogP contribution in [0.25, 0.3) is 0 Å². The largest absolute Gasteiger partial charge is 0.488 e. The Balaban J connectivity index is 0.00000259. The normalized spacial score (nSPS) is 21.6. The zero-order valence-electron chi connectivity index (χ0n) is 18.0. The summed E-state index contributed by atoms with van der Waals surface area (Å²) in [5.74, 6) is 0.616. The highest BCUT2D eigenvalue weighted by Gasteiger charge is 2.39. The fraction of sp³-hybridized carbons (Fsp3) is 0.417. The Bertz CT molecular complexity index is 1050. The molecule has 1 atom stereocenters. The number of morpholine rings is 1. The Kier molecular flexibility index (Phi) is 5.99. The first-order valence-electron chi connectivity index (χ1n) is 11.0. The minimum atomic E-state index is -0.434. The van der Waals surface area contributed by atoms with Gasteiger partial charge >= 0.3 is 0 Å². The fourth-order valence-corrected chi connectivity index (χ4v) is 5.45. The molecule has 170 valence electrons. The van der Waals surface area contributed by atoms with Gasteiger partial charge in [0.1, 0.15) is 18.4 Å². The zero-order valence-corrected chi connectivity index (χ0v) is 18.8. The highest BCUT2D eigenvalue weighted by atomic mass is 32.1. The molecular weight excluding hydrogens is 426 g/mol. The number of allylic oxidation sites excluding steroid dienone is 1. The number of carbonyl (C=O) groups is 2. The summed E-state index contributed by atoms with van der Waals surface area (Å²) in [6.45, 7) is 9.04. The number of nitrogens with one attached hydrogen (secondary N) is 1. The van der Waals surface area contributed by atoms with Gasteiger partial charge in [-0.2, -0.15) is 0 Å². The quantitative estimate of drug-likeness (QED) is 0.725. The molecule has 8 heteroatoms. The summed E-state index contributed by atoms with van der Waals surface area (Å²) in [4.78, 5) is 30.4. The molecule has 0 saturated carbocycles. The molecule has 2 amide bonds. The van der Waals surface area contributed by atoms with Crippen LogP contribution >= 0.6 is 11.3 Å². The third kappa shape index (κ3) is 4.30. The molecule has 2 aromatic rings. The van der Waals surface area contributed by atoms with Crippen LogP contribution in [0.2, 0.25) is 0 Å². The summed E-state index contributed by atoms with van der Waals surface area (Å²) >= 11 is 1.55. The smallest absolute Gasteiger partial charge is 0.256 e. The Morgan fingerprint density at radius 1 is 1.28 bits per heavy atom. The number of ether oxygens (including phenoxy) is 2. The first kappa shape index (κ1) is 21.2. The van der Waals surface area contributed by atoms with Crippen molar-refractivity contribution >= 4 is 23.2 Å². The van der Waals surface area contributed by atoms with Crippen LogP contribution in [0.4, 0.5) is 0 Å². The van der Waals surface area contributed by atoms with Crippen LogP contribution in [0.15, 0.2) is 41.9 Å². The van der Waals surface area contributed by atoms with Crippen molar-refractivity contribution in [2.45, 2.75) is 38.6 Å². The number of hydrogen-bond acceptors (Lipinski definition) is 6. The molecule has 2 saturated heterocycles. The predicted octanol–water partition coefficient (Wildman–Crippen LogP) is 3.15. The number of benzene rings is 1. The third-order valence-electron chi connectivity index (χ3n) is 6.28. The van der Waals surface area contributed by atoms with Gasteiger partial charge in [0.05, 0.1) is 18.8 Å². The molecule has 5 rings (SSSR count). The average molecular weight is 456 g/mol. The van der Waals surface area contributed by atoms with E-state index in [1.165, 1.54) is 5.56 Å². The Hall–Kier alpha value is -2.68. The minimum absolute atomic E-state index is 0. The van der Waals surface area contributed by atoms with Crippen LogP contribution in [0.3, 0.4) is 0 Å². The fourth-order valence-electron chi connectivity index (χ4n) is 4.50. The lowest BCUT2D eigenvalue weighted by Crippen LogP contribution is -2.49. The van der Waals surface area contributed by atoms with E-state index in [1.54, 1.807) is 16.2 Å². The molecule has 2 fully saturated rings. The van der Waals surface area contributed by atoms with Gasteiger partial charge in [-0.3, -0.25) is 14.5 Å². The molecule has 1 aromatic carbocycles. The molecule has 3 aliphatic rings. The van der Waals surface area contributed by atoms with Gasteiger partial charge in [-0.25, -0.2) is 0 Å². The summed E-state index contributed by atoms with van der Waals surface area (Å²) in [6.07, 6.45) is 1.32. The van der Waals surface area contributed by atoms with Gasteiger partial charge in [-0.15, -0.1) is 11.3 Å². The molecule has 0 aliphatic carbocycles. The predicted molar refractivity (Wildman–Crippen MR) is 123 cm³/mol. The first-order valence-corrected chi connectivity index (χ1v) is 11.9. The van der Waals surface area contributed by atoms with Crippen molar-refractivity contribution < 1.29 is 20.5 Å². The lowest BCUT2D eigenvalue weighted by Gasteiger charge is -2.31. The molecule has 0 unspecified atom stereocenters. The monoisotopic (exact) mass is 455 g/mol. The van der Waals surface area contributed by atoms with Crippen molar-refractivity contribution in [2.24, 2.45) is 0 Å². The van der Waals surface area contributed by atoms with Crippen molar-refractivity contribution in [2.75, 3.05) is 26.3 Å². The maximum Gasteiger partial charge on any atom is 0.256 e. The highest BCUT2D eigenvalue weighted by molar-refractivity contribution is 7.10. The second kappa shape index (κ2) is 9.05. The van der Waals surface area contributed by atoms with Crippen LogP contribution in [-0.4, -0.2) is 54.0 Å². The second-order valence-corrected chi connectivity index (χ2v) is 9.42. The van der Waals surface area contributed by atoms with Crippen molar-refractivity contribution in [1.82, 2.24) is 15.1 Å². The van der Waals surface area contributed by atoms with Crippen molar-refractivity contribution in [3.05, 3.63) is 63.5 Å². The summed E-state index contributed by atoms with van der Waals surface area (Å²) in [7, 11) is 0. The van der Waals surface area contributed by atoms with Gasteiger partial charge < -0.3 is 19.7 Å². The maximum atomic E-state index is 12.9. The molecule has 0 bridgehead atoms. The van der Waals surface area contributed by atoms with E-state index in [2.05, 4.69) is 28.9 Å². The molecule has 4 heterocycles. The van der Waals surface area contributed by atoms with E-state index in [-0.39, 0.29) is 13.2 Å². The first-order chi connectivity index (χ1) is 15.6. The molecular formula is C24H29N3O4S. The number of thiophene rings is 1. The Labute approximate surface area is 193 Å². The molecule has 0 radical (unpaired) electrons. The lowest BCUT2D eigenvalue weighted by molar-refractivity contribution is -0.126. The van der Waals surface area contributed by atoms with E-state index in [9.17, 15) is 9.59 Å². The average Bonchev–Trinajstić information content (AvgIpc) is 3.33. The lowest BCUT2D eigenvalue weighted by atomic mass is 10.0.